The molecule has 1 aromatic carbocycles. The monoisotopic (exact) mass is 389 g/mol. The van der Waals surface area contributed by atoms with Crippen LogP contribution in [0.2, 0.25) is 0 Å². The summed E-state index contributed by atoms with van der Waals surface area (Å²) in [4.78, 5) is 18.9. The molecular formula is C20H27N3O3S. The third-order valence-electron chi connectivity index (χ3n) is 4.52. The van der Waals surface area contributed by atoms with Crippen LogP contribution in [0.25, 0.3) is 0 Å². The molecule has 1 N–H and O–H groups in total. The SMILES string of the molecule is Cc1ccc(Cn2cc(CO)nc2SCC(=O)N2CC(C)OC(C)C2)cc1. The van der Waals surface area contributed by atoms with Crippen LogP contribution in [0, 0.1) is 6.92 Å². The third kappa shape index (κ3) is 5.34. The van der Waals surface area contributed by atoms with Crippen LogP contribution in [0.4, 0.5) is 0 Å². The van der Waals surface area contributed by atoms with Crippen molar-refractivity contribution in [3.05, 3.63) is 47.3 Å². The number of hydrogen-bond donors (Lipinski definition) is 1. The Balaban J connectivity index is 1.66. The van der Waals surface area contributed by atoms with Gasteiger partial charge in [-0.15, -0.1) is 0 Å². The molecule has 1 saturated heterocycles. The van der Waals surface area contributed by atoms with Gasteiger partial charge in [0.1, 0.15) is 0 Å². The highest BCUT2D eigenvalue weighted by molar-refractivity contribution is 7.99. The van der Waals surface area contributed by atoms with Crippen LogP contribution in [0.1, 0.15) is 30.7 Å². The first-order valence-electron chi connectivity index (χ1n) is 9.23. The second-order valence-electron chi connectivity index (χ2n) is 7.13. The normalized spacial score (nSPS) is 20.1. The fourth-order valence-corrected chi connectivity index (χ4v) is 4.15. The Morgan fingerprint density at radius 1 is 1.26 bits per heavy atom. The molecule has 2 heterocycles. The molecule has 0 spiro atoms. The number of benzene rings is 1. The van der Waals surface area contributed by atoms with Crippen LogP contribution in [0.15, 0.2) is 35.6 Å². The molecule has 0 aliphatic carbocycles. The van der Waals surface area contributed by atoms with Gasteiger partial charge in [0, 0.05) is 25.8 Å². The molecule has 3 rings (SSSR count). The van der Waals surface area contributed by atoms with Crippen LogP contribution in [-0.4, -0.2) is 56.5 Å². The molecule has 1 aromatic heterocycles. The smallest absolute Gasteiger partial charge is 0.233 e. The first-order chi connectivity index (χ1) is 12.9. The lowest BCUT2D eigenvalue weighted by Crippen LogP contribution is -2.48. The molecule has 0 radical (unpaired) electrons. The molecule has 2 aromatic rings. The van der Waals surface area contributed by atoms with Gasteiger partial charge in [-0.2, -0.15) is 0 Å². The van der Waals surface area contributed by atoms with Gasteiger partial charge in [0.05, 0.1) is 30.3 Å². The van der Waals surface area contributed by atoms with E-state index in [2.05, 4.69) is 36.2 Å². The number of imidazole rings is 1. The van der Waals surface area contributed by atoms with Crippen molar-refractivity contribution in [3.8, 4) is 0 Å². The molecule has 1 aliphatic heterocycles. The first kappa shape index (κ1) is 19.9. The minimum absolute atomic E-state index is 0.0622. The van der Waals surface area contributed by atoms with Crippen molar-refractivity contribution in [2.24, 2.45) is 0 Å². The predicted molar refractivity (Wildman–Crippen MR) is 106 cm³/mol. The molecule has 0 saturated carbocycles. The van der Waals surface area contributed by atoms with Crippen LogP contribution in [-0.2, 0) is 22.7 Å². The number of aliphatic hydroxyl groups is 1. The Bertz CT molecular complexity index is 765. The number of carbonyl (C=O) groups is 1. The van der Waals surface area contributed by atoms with Gasteiger partial charge in [-0.25, -0.2) is 4.98 Å². The molecule has 27 heavy (non-hydrogen) atoms. The zero-order valence-electron chi connectivity index (χ0n) is 16.1. The average molecular weight is 390 g/mol. The predicted octanol–water partition coefficient (Wildman–Crippen LogP) is 2.46. The average Bonchev–Trinajstić information content (AvgIpc) is 3.02. The summed E-state index contributed by atoms with van der Waals surface area (Å²) in [5.74, 6) is 0.423. The highest BCUT2D eigenvalue weighted by Crippen LogP contribution is 2.21. The Labute approximate surface area is 164 Å². The number of thioether (sulfide) groups is 1. The van der Waals surface area contributed by atoms with E-state index in [0.717, 1.165) is 10.7 Å². The quantitative estimate of drug-likeness (QED) is 0.769. The van der Waals surface area contributed by atoms with Crippen molar-refractivity contribution in [2.75, 3.05) is 18.8 Å². The van der Waals surface area contributed by atoms with Crippen LogP contribution in [0.5, 0.6) is 0 Å². The number of morpholine rings is 1. The largest absolute Gasteiger partial charge is 0.390 e. The van der Waals surface area contributed by atoms with E-state index in [9.17, 15) is 9.90 Å². The fourth-order valence-electron chi connectivity index (χ4n) is 3.24. The van der Waals surface area contributed by atoms with Crippen molar-refractivity contribution < 1.29 is 14.6 Å². The molecule has 1 amide bonds. The van der Waals surface area contributed by atoms with E-state index in [1.165, 1.54) is 17.3 Å². The van der Waals surface area contributed by atoms with Gasteiger partial charge in [0.2, 0.25) is 5.91 Å². The van der Waals surface area contributed by atoms with Gasteiger partial charge >= 0.3 is 0 Å². The third-order valence-corrected chi connectivity index (χ3v) is 5.50. The van der Waals surface area contributed by atoms with Crippen molar-refractivity contribution >= 4 is 17.7 Å². The summed E-state index contributed by atoms with van der Waals surface area (Å²) >= 11 is 1.42. The summed E-state index contributed by atoms with van der Waals surface area (Å²) in [5, 5.41) is 10.2. The summed E-state index contributed by atoms with van der Waals surface area (Å²) in [6, 6.07) is 8.33. The van der Waals surface area contributed by atoms with E-state index in [-0.39, 0.29) is 24.7 Å². The van der Waals surface area contributed by atoms with Crippen molar-refractivity contribution in [3.63, 3.8) is 0 Å². The number of ether oxygens (including phenoxy) is 1. The lowest BCUT2D eigenvalue weighted by Gasteiger charge is -2.35. The molecule has 0 bridgehead atoms. The Kier molecular flexibility index (Phi) is 6.57. The molecule has 6 nitrogen and oxygen atoms in total. The second-order valence-corrected chi connectivity index (χ2v) is 8.07. The minimum Gasteiger partial charge on any atom is -0.390 e. The van der Waals surface area contributed by atoms with Crippen LogP contribution < -0.4 is 0 Å². The van der Waals surface area contributed by atoms with E-state index in [1.807, 2.05) is 29.5 Å². The summed E-state index contributed by atoms with van der Waals surface area (Å²) in [6.07, 6.45) is 1.98. The molecule has 1 fully saturated rings. The number of hydrogen-bond acceptors (Lipinski definition) is 5. The number of rotatable bonds is 6. The van der Waals surface area contributed by atoms with Crippen LogP contribution in [0.3, 0.4) is 0 Å². The minimum atomic E-state index is -0.110. The lowest BCUT2D eigenvalue weighted by atomic mass is 10.1. The van der Waals surface area contributed by atoms with Crippen molar-refractivity contribution in [1.82, 2.24) is 14.5 Å². The lowest BCUT2D eigenvalue weighted by molar-refractivity contribution is -0.140. The highest BCUT2D eigenvalue weighted by atomic mass is 32.2. The van der Waals surface area contributed by atoms with Gasteiger partial charge in [0.15, 0.2) is 5.16 Å². The van der Waals surface area contributed by atoms with Gasteiger partial charge in [-0.05, 0) is 26.3 Å². The number of aryl methyl sites for hydroxylation is 1. The van der Waals surface area contributed by atoms with Gasteiger partial charge < -0.3 is 19.3 Å². The number of carbonyl (C=O) groups excluding carboxylic acids is 1. The number of nitrogens with zero attached hydrogens (tertiary/aromatic N) is 3. The summed E-state index contributed by atoms with van der Waals surface area (Å²) in [7, 11) is 0. The maximum atomic E-state index is 12.6. The maximum absolute atomic E-state index is 12.6. The molecule has 2 atom stereocenters. The summed E-state index contributed by atoms with van der Waals surface area (Å²) in [6.45, 7) is 7.85. The number of aromatic nitrogens is 2. The van der Waals surface area contributed by atoms with E-state index < -0.39 is 0 Å². The van der Waals surface area contributed by atoms with E-state index in [0.29, 0.717) is 31.1 Å². The molecule has 1 aliphatic rings. The van der Waals surface area contributed by atoms with E-state index >= 15 is 0 Å². The molecule has 7 heteroatoms. The highest BCUT2D eigenvalue weighted by Gasteiger charge is 2.26. The fraction of sp³-hybridized carbons (Fsp3) is 0.500. The summed E-state index contributed by atoms with van der Waals surface area (Å²) in [5.41, 5.74) is 2.99. The van der Waals surface area contributed by atoms with Crippen LogP contribution >= 0.6 is 11.8 Å². The Morgan fingerprint density at radius 2 is 1.93 bits per heavy atom. The molecule has 146 valence electrons. The van der Waals surface area contributed by atoms with E-state index in [1.54, 1.807) is 0 Å². The second kappa shape index (κ2) is 8.91. The number of aliphatic hydroxyl groups excluding tert-OH is 1. The van der Waals surface area contributed by atoms with Gasteiger partial charge in [-0.3, -0.25) is 4.79 Å². The van der Waals surface area contributed by atoms with Gasteiger partial charge in [0.25, 0.3) is 0 Å². The van der Waals surface area contributed by atoms with E-state index in [4.69, 9.17) is 4.74 Å². The van der Waals surface area contributed by atoms with Crippen molar-refractivity contribution in [1.29, 1.82) is 0 Å². The topological polar surface area (TPSA) is 67.6 Å². The number of amides is 1. The maximum Gasteiger partial charge on any atom is 0.233 e. The Morgan fingerprint density at radius 3 is 2.56 bits per heavy atom. The summed E-state index contributed by atoms with van der Waals surface area (Å²) < 4.78 is 7.69. The van der Waals surface area contributed by atoms with Crippen molar-refractivity contribution in [2.45, 2.75) is 51.3 Å². The zero-order chi connectivity index (χ0) is 19.4. The first-order valence-corrected chi connectivity index (χ1v) is 10.2. The zero-order valence-corrected chi connectivity index (χ0v) is 16.9. The molecular weight excluding hydrogens is 362 g/mol. The molecule has 2 unspecified atom stereocenters. The Hall–Kier alpha value is -1.83. The standard InChI is InChI=1S/C20H27N3O3S/c1-14-4-6-17(7-5-14)10-23-11-18(12-24)21-20(23)27-13-19(25)22-8-15(2)26-16(3)9-22/h4-7,11,15-16,24H,8-10,12-13H2,1-3H3. The van der Waals surface area contributed by atoms with Gasteiger partial charge in [-0.1, -0.05) is 41.6 Å².